The van der Waals surface area contributed by atoms with Crippen molar-refractivity contribution < 1.29 is 9.53 Å². The van der Waals surface area contributed by atoms with E-state index in [1.54, 1.807) is 6.92 Å². The molecule has 7 heteroatoms. The second kappa shape index (κ2) is 4.75. The number of amides is 1. The van der Waals surface area contributed by atoms with Crippen molar-refractivity contribution in [3.05, 3.63) is 17.1 Å². The van der Waals surface area contributed by atoms with Crippen molar-refractivity contribution in [3.8, 4) is 0 Å². The van der Waals surface area contributed by atoms with Gasteiger partial charge in [0.2, 0.25) is 0 Å². The van der Waals surface area contributed by atoms with Crippen LogP contribution in [0.4, 0.5) is 10.6 Å². The number of carbonyl (C=O) groups is 1. The van der Waals surface area contributed by atoms with E-state index in [4.69, 9.17) is 16.2 Å². The molecular formula is C12H17N5O2. The summed E-state index contributed by atoms with van der Waals surface area (Å²) in [7, 11) is 0. The van der Waals surface area contributed by atoms with Gasteiger partial charge in [-0.1, -0.05) is 0 Å². The minimum atomic E-state index is -0.781. The Bertz CT molecular complexity index is 647. The van der Waals surface area contributed by atoms with Gasteiger partial charge in [-0.3, -0.25) is 0 Å². The van der Waals surface area contributed by atoms with Crippen molar-refractivity contribution >= 4 is 22.9 Å². The van der Waals surface area contributed by atoms with Gasteiger partial charge in [-0.25, -0.2) is 14.8 Å². The van der Waals surface area contributed by atoms with E-state index in [0.29, 0.717) is 18.2 Å². The van der Waals surface area contributed by atoms with Gasteiger partial charge < -0.3 is 20.8 Å². The molecule has 0 radical (unpaired) electrons. The molecule has 0 spiro atoms. The molecule has 2 aromatic rings. The topological polar surface area (TPSA) is 109 Å². The molecule has 0 fully saturated rings. The predicted octanol–water partition coefficient (Wildman–Crippen LogP) is 1.03. The van der Waals surface area contributed by atoms with Crippen molar-refractivity contribution in [2.75, 3.05) is 12.3 Å². The molecule has 0 unspecified atom stereocenters. The SMILES string of the molecule is Cc1nc(N)c2c(C)c(C)n(CCOC(N)=O)c2n1. The largest absolute Gasteiger partial charge is 0.448 e. The lowest BCUT2D eigenvalue weighted by atomic mass is 10.2. The van der Waals surface area contributed by atoms with Crippen molar-refractivity contribution in [3.63, 3.8) is 0 Å². The Balaban J connectivity index is 2.48. The van der Waals surface area contributed by atoms with Crippen LogP contribution < -0.4 is 11.5 Å². The molecule has 2 aromatic heterocycles. The maximum atomic E-state index is 10.6. The summed E-state index contributed by atoms with van der Waals surface area (Å²) in [5.41, 5.74) is 13.7. The molecule has 19 heavy (non-hydrogen) atoms. The fourth-order valence-electron chi connectivity index (χ4n) is 2.19. The van der Waals surface area contributed by atoms with Crippen LogP contribution in [-0.2, 0) is 11.3 Å². The van der Waals surface area contributed by atoms with E-state index >= 15 is 0 Å². The van der Waals surface area contributed by atoms with Crippen LogP contribution in [0.2, 0.25) is 0 Å². The summed E-state index contributed by atoms with van der Waals surface area (Å²) in [6.07, 6.45) is -0.781. The summed E-state index contributed by atoms with van der Waals surface area (Å²) in [6.45, 7) is 6.41. The lowest BCUT2D eigenvalue weighted by Crippen LogP contribution is -2.17. The number of aryl methyl sites for hydroxylation is 2. The monoisotopic (exact) mass is 263 g/mol. The fraction of sp³-hybridized carbons (Fsp3) is 0.417. The van der Waals surface area contributed by atoms with Gasteiger partial charge in [0.05, 0.1) is 11.9 Å². The zero-order chi connectivity index (χ0) is 14.2. The molecule has 0 aromatic carbocycles. The molecule has 102 valence electrons. The number of hydrogen-bond acceptors (Lipinski definition) is 5. The van der Waals surface area contributed by atoms with Crippen LogP contribution >= 0.6 is 0 Å². The van der Waals surface area contributed by atoms with Crippen LogP contribution in [0.5, 0.6) is 0 Å². The Hall–Kier alpha value is -2.31. The molecule has 1 amide bonds. The van der Waals surface area contributed by atoms with Gasteiger partial charge in [0.15, 0.2) is 0 Å². The van der Waals surface area contributed by atoms with Gasteiger partial charge in [-0.05, 0) is 26.3 Å². The van der Waals surface area contributed by atoms with Gasteiger partial charge in [0.25, 0.3) is 0 Å². The molecule has 0 aliphatic carbocycles. The molecule has 0 saturated heterocycles. The third kappa shape index (κ3) is 2.31. The van der Waals surface area contributed by atoms with E-state index in [1.165, 1.54) is 0 Å². The fourth-order valence-corrected chi connectivity index (χ4v) is 2.19. The highest BCUT2D eigenvalue weighted by Crippen LogP contribution is 2.27. The molecule has 2 heterocycles. The third-order valence-corrected chi connectivity index (χ3v) is 3.17. The molecule has 4 N–H and O–H groups in total. The van der Waals surface area contributed by atoms with Gasteiger partial charge in [-0.15, -0.1) is 0 Å². The van der Waals surface area contributed by atoms with E-state index < -0.39 is 6.09 Å². The van der Waals surface area contributed by atoms with Crippen molar-refractivity contribution in [1.82, 2.24) is 14.5 Å². The summed E-state index contributed by atoms with van der Waals surface area (Å²) in [6, 6.07) is 0. The Morgan fingerprint density at radius 2 is 2.00 bits per heavy atom. The number of primary amides is 1. The number of nitrogens with two attached hydrogens (primary N) is 2. The second-order valence-electron chi connectivity index (χ2n) is 4.38. The van der Waals surface area contributed by atoms with Crippen LogP contribution in [0.1, 0.15) is 17.1 Å². The lowest BCUT2D eigenvalue weighted by molar-refractivity contribution is 0.152. The van der Waals surface area contributed by atoms with E-state index in [2.05, 4.69) is 9.97 Å². The van der Waals surface area contributed by atoms with Crippen LogP contribution in [0, 0.1) is 20.8 Å². The van der Waals surface area contributed by atoms with Crippen LogP contribution in [0.3, 0.4) is 0 Å². The Morgan fingerprint density at radius 1 is 1.32 bits per heavy atom. The molecule has 0 aliphatic rings. The normalized spacial score (nSPS) is 10.9. The van der Waals surface area contributed by atoms with Crippen molar-refractivity contribution in [2.45, 2.75) is 27.3 Å². The number of nitrogen functional groups attached to an aromatic ring is 1. The summed E-state index contributed by atoms with van der Waals surface area (Å²) in [4.78, 5) is 19.2. The summed E-state index contributed by atoms with van der Waals surface area (Å²) in [5.74, 6) is 1.08. The molecular weight excluding hydrogens is 246 g/mol. The Morgan fingerprint density at radius 3 is 2.63 bits per heavy atom. The quantitative estimate of drug-likeness (QED) is 0.859. The van der Waals surface area contributed by atoms with Crippen molar-refractivity contribution in [1.29, 1.82) is 0 Å². The maximum absolute atomic E-state index is 10.6. The van der Waals surface area contributed by atoms with E-state index in [-0.39, 0.29) is 6.61 Å². The molecule has 2 rings (SSSR count). The number of anilines is 1. The van der Waals surface area contributed by atoms with Crippen LogP contribution in [0.25, 0.3) is 11.0 Å². The first-order valence-corrected chi connectivity index (χ1v) is 5.93. The highest BCUT2D eigenvalue weighted by atomic mass is 16.5. The van der Waals surface area contributed by atoms with Gasteiger partial charge in [0.1, 0.15) is 23.9 Å². The summed E-state index contributed by atoms with van der Waals surface area (Å²) in [5, 5.41) is 0.849. The zero-order valence-corrected chi connectivity index (χ0v) is 11.2. The van der Waals surface area contributed by atoms with Crippen LogP contribution in [0.15, 0.2) is 0 Å². The average molecular weight is 263 g/mol. The number of aromatic nitrogens is 3. The van der Waals surface area contributed by atoms with E-state index in [0.717, 1.165) is 22.3 Å². The highest BCUT2D eigenvalue weighted by Gasteiger charge is 2.16. The number of rotatable bonds is 3. The maximum Gasteiger partial charge on any atom is 0.404 e. The molecule has 0 atom stereocenters. The van der Waals surface area contributed by atoms with Crippen LogP contribution in [-0.4, -0.2) is 27.2 Å². The first-order chi connectivity index (χ1) is 8.91. The van der Waals surface area contributed by atoms with Crippen molar-refractivity contribution in [2.24, 2.45) is 5.73 Å². The number of nitrogens with zero attached hydrogens (tertiary/aromatic N) is 3. The predicted molar refractivity (Wildman–Crippen MR) is 71.7 cm³/mol. The number of carbonyl (C=O) groups excluding carboxylic acids is 1. The zero-order valence-electron chi connectivity index (χ0n) is 11.2. The van der Waals surface area contributed by atoms with Gasteiger partial charge in [-0.2, -0.15) is 0 Å². The van der Waals surface area contributed by atoms with Gasteiger partial charge >= 0.3 is 6.09 Å². The lowest BCUT2D eigenvalue weighted by Gasteiger charge is -2.08. The second-order valence-corrected chi connectivity index (χ2v) is 4.38. The molecule has 7 nitrogen and oxygen atoms in total. The summed E-state index contributed by atoms with van der Waals surface area (Å²) >= 11 is 0. The molecule has 0 saturated carbocycles. The molecule has 0 bridgehead atoms. The number of ether oxygens (including phenoxy) is 1. The minimum Gasteiger partial charge on any atom is -0.448 e. The standard InChI is InChI=1S/C12H17N5O2/c1-6-7(2)17(4-5-19-12(14)18)11-9(6)10(13)15-8(3)16-11/h4-5H2,1-3H3,(H2,14,18)(H2,13,15,16). The van der Waals surface area contributed by atoms with Gasteiger partial charge in [0, 0.05) is 5.69 Å². The number of hydrogen-bond donors (Lipinski definition) is 2. The smallest absolute Gasteiger partial charge is 0.404 e. The highest BCUT2D eigenvalue weighted by molar-refractivity contribution is 5.91. The minimum absolute atomic E-state index is 0.197. The Kier molecular flexibility index (Phi) is 3.28. The first kappa shape index (κ1) is 13.1. The average Bonchev–Trinajstić information content (AvgIpc) is 2.53. The third-order valence-electron chi connectivity index (χ3n) is 3.17. The molecule has 0 aliphatic heterocycles. The van der Waals surface area contributed by atoms with E-state index in [1.807, 2.05) is 18.4 Å². The van der Waals surface area contributed by atoms with E-state index in [9.17, 15) is 4.79 Å². The summed E-state index contributed by atoms with van der Waals surface area (Å²) < 4.78 is 6.72. The Labute approximate surface area is 110 Å². The number of fused-ring (bicyclic) bond motifs is 1. The first-order valence-electron chi connectivity index (χ1n) is 5.93.